The third-order valence-corrected chi connectivity index (χ3v) is 3.55. The van der Waals surface area contributed by atoms with E-state index in [1.54, 1.807) is 13.0 Å². The van der Waals surface area contributed by atoms with Crippen LogP contribution in [0.5, 0.6) is 5.88 Å². The van der Waals surface area contributed by atoms with Crippen LogP contribution in [0.25, 0.3) is 0 Å². The highest BCUT2D eigenvalue weighted by molar-refractivity contribution is 5.97. The fourth-order valence-electron chi connectivity index (χ4n) is 2.46. The third-order valence-electron chi connectivity index (χ3n) is 3.55. The second kappa shape index (κ2) is 8.85. The van der Waals surface area contributed by atoms with Crippen molar-refractivity contribution >= 4 is 17.9 Å². The number of pyridine rings is 1. The number of aromatic nitrogens is 1. The van der Waals surface area contributed by atoms with Gasteiger partial charge < -0.3 is 14.8 Å². The second-order valence-corrected chi connectivity index (χ2v) is 5.37. The van der Waals surface area contributed by atoms with Crippen LogP contribution in [0, 0.1) is 0 Å². The van der Waals surface area contributed by atoms with Crippen LogP contribution in [0.4, 0.5) is 4.79 Å². The molecule has 0 radical (unpaired) electrons. The van der Waals surface area contributed by atoms with Crippen molar-refractivity contribution in [2.75, 3.05) is 13.2 Å². The van der Waals surface area contributed by atoms with Crippen LogP contribution in [-0.4, -0.2) is 42.1 Å². The van der Waals surface area contributed by atoms with Crippen LogP contribution in [0.1, 0.15) is 43.0 Å². The lowest BCUT2D eigenvalue weighted by Crippen LogP contribution is -2.45. The van der Waals surface area contributed by atoms with E-state index in [-0.39, 0.29) is 17.5 Å². The zero-order valence-corrected chi connectivity index (χ0v) is 13.5. The van der Waals surface area contributed by atoms with Crippen molar-refractivity contribution in [1.82, 2.24) is 15.6 Å². The van der Waals surface area contributed by atoms with E-state index in [0.717, 1.165) is 25.7 Å². The van der Waals surface area contributed by atoms with Gasteiger partial charge in [-0.2, -0.15) is 0 Å². The molecule has 0 unspecified atom stereocenters. The Morgan fingerprint density at radius 3 is 2.75 bits per heavy atom. The van der Waals surface area contributed by atoms with Crippen molar-refractivity contribution in [3.05, 3.63) is 23.9 Å². The number of nitrogens with zero attached hydrogens (tertiary/aromatic N) is 1. The van der Waals surface area contributed by atoms with Gasteiger partial charge in [0.2, 0.25) is 5.88 Å². The predicted octanol–water partition coefficient (Wildman–Crippen LogP) is 1.41. The lowest BCUT2D eigenvalue weighted by molar-refractivity contribution is -0.123. The molecule has 8 nitrogen and oxygen atoms in total. The Balaban J connectivity index is 1.78. The van der Waals surface area contributed by atoms with E-state index in [2.05, 4.69) is 15.6 Å². The Labute approximate surface area is 139 Å². The molecule has 0 aromatic carbocycles. The van der Waals surface area contributed by atoms with E-state index in [9.17, 15) is 14.4 Å². The normalized spacial score (nSPS) is 14.0. The number of carbonyl (C=O) groups excluding carboxylic acids is 3. The standard InChI is InChI=1S/C16H21N3O5/c1-2-23-14-12(8-5-9-17-14)15(21)24-10-13(20)19-16(22)18-11-6-3-4-7-11/h5,8-9,11H,2-4,6-7,10H2,1H3,(H2,18,19,20,22). The number of amides is 3. The van der Waals surface area contributed by atoms with Crippen molar-refractivity contribution in [3.8, 4) is 5.88 Å². The van der Waals surface area contributed by atoms with E-state index in [4.69, 9.17) is 9.47 Å². The molecule has 2 N–H and O–H groups in total. The van der Waals surface area contributed by atoms with Crippen molar-refractivity contribution in [3.63, 3.8) is 0 Å². The highest BCUT2D eigenvalue weighted by atomic mass is 16.5. The molecule has 3 amide bonds. The lowest BCUT2D eigenvalue weighted by Gasteiger charge is -2.12. The quantitative estimate of drug-likeness (QED) is 0.761. The number of esters is 1. The summed E-state index contributed by atoms with van der Waals surface area (Å²) in [4.78, 5) is 39.2. The smallest absolute Gasteiger partial charge is 0.344 e. The van der Waals surface area contributed by atoms with Crippen molar-refractivity contribution in [2.24, 2.45) is 0 Å². The number of imide groups is 1. The van der Waals surface area contributed by atoms with Crippen LogP contribution in [0.2, 0.25) is 0 Å². The minimum atomic E-state index is -0.738. The average Bonchev–Trinajstić information content (AvgIpc) is 3.06. The minimum absolute atomic E-state index is 0.101. The summed E-state index contributed by atoms with van der Waals surface area (Å²) in [5.41, 5.74) is 0.127. The van der Waals surface area contributed by atoms with Crippen LogP contribution < -0.4 is 15.4 Å². The highest BCUT2D eigenvalue weighted by Crippen LogP contribution is 2.17. The number of carbonyl (C=O) groups is 3. The Bertz CT molecular complexity index is 599. The fourth-order valence-corrected chi connectivity index (χ4v) is 2.46. The lowest BCUT2D eigenvalue weighted by atomic mass is 10.2. The number of hydrogen-bond donors (Lipinski definition) is 2. The van der Waals surface area contributed by atoms with Gasteiger partial charge in [0.1, 0.15) is 5.56 Å². The fraction of sp³-hybridized carbons (Fsp3) is 0.500. The molecule has 1 aromatic rings. The molecule has 2 rings (SSSR count). The molecule has 0 atom stereocenters. The topological polar surface area (TPSA) is 107 Å². The summed E-state index contributed by atoms with van der Waals surface area (Å²) in [5.74, 6) is -1.29. The maximum atomic E-state index is 12.0. The summed E-state index contributed by atoms with van der Waals surface area (Å²) in [7, 11) is 0. The molecule has 8 heteroatoms. The van der Waals surface area contributed by atoms with E-state index in [1.807, 2.05) is 0 Å². The van der Waals surface area contributed by atoms with E-state index in [0.29, 0.717) is 6.61 Å². The van der Waals surface area contributed by atoms with Gasteiger partial charge in [-0.05, 0) is 31.9 Å². The summed E-state index contributed by atoms with van der Waals surface area (Å²) >= 11 is 0. The van der Waals surface area contributed by atoms with Crippen molar-refractivity contribution in [2.45, 2.75) is 38.6 Å². The third kappa shape index (κ3) is 5.22. The molecular weight excluding hydrogens is 314 g/mol. The van der Waals surface area contributed by atoms with Gasteiger partial charge in [0.25, 0.3) is 5.91 Å². The van der Waals surface area contributed by atoms with Crippen molar-refractivity contribution in [1.29, 1.82) is 0 Å². The second-order valence-electron chi connectivity index (χ2n) is 5.37. The van der Waals surface area contributed by atoms with Crippen LogP contribution in [0.15, 0.2) is 18.3 Å². The molecular formula is C16H21N3O5. The zero-order chi connectivity index (χ0) is 17.4. The molecule has 1 fully saturated rings. The first-order chi connectivity index (χ1) is 11.6. The zero-order valence-electron chi connectivity index (χ0n) is 13.5. The first kappa shape index (κ1) is 17.7. The Morgan fingerprint density at radius 2 is 2.04 bits per heavy atom. The van der Waals surface area contributed by atoms with Crippen LogP contribution >= 0.6 is 0 Å². The maximum absolute atomic E-state index is 12.0. The molecule has 130 valence electrons. The largest absolute Gasteiger partial charge is 0.477 e. The predicted molar refractivity (Wildman–Crippen MR) is 84.6 cm³/mol. The number of ether oxygens (including phenoxy) is 2. The molecule has 0 saturated heterocycles. The Kier molecular flexibility index (Phi) is 6.53. The van der Waals surface area contributed by atoms with Gasteiger partial charge in [-0.15, -0.1) is 0 Å². The molecule has 0 spiro atoms. The van der Waals surface area contributed by atoms with Crippen LogP contribution in [-0.2, 0) is 9.53 Å². The molecule has 0 bridgehead atoms. The summed E-state index contributed by atoms with van der Waals surface area (Å²) in [6.45, 7) is 1.55. The Morgan fingerprint density at radius 1 is 1.29 bits per heavy atom. The van der Waals surface area contributed by atoms with Crippen LogP contribution in [0.3, 0.4) is 0 Å². The molecule has 1 heterocycles. The van der Waals surface area contributed by atoms with E-state index < -0.39 is 24.5 Å². The van der Waals surface area contributed by atoms with Gasteiger partial charge in [-0.3, -0.25) is 10.1 Å². The molecule has 1 aromatic heterocycles. The first-order valence-corrected chi connectivity index (χ1v) is 7.95. The van der Waals surface area contributed by atoms with E-state index >= 15 is 0 Å². The number of rotatable bonds is 6. The van der Waals surface area contributed by atoms with Crippen molar-refractivity contribution < 1.29 is 23.9 Å². The molecule has 1 aliphatic carbocycles. The maximum Gasteiger partial charge on any atom is 0.344 e. The summed E-state index contributed by atoms with van der Waals surface area (Å²) in [6.07, 6.45) is 5.46. The molecule has 1 aliphatic rings. The SMILES string of the molecule is CCOc1ncccc1C(=O)OCC(=O)NC(=O)NC1CCCC1. The van der Waals surface area contributed by atoms with Gasteiger partial charge in [-0.1, -0.05) is 12.8 Å². The van der Waals surface area contributed by atoms with Gasteiger partial charge in [0.15, 0.2) is 6.61 Å². The first-order valence-electron chi connectivity index (χ1n) is 7.95. The van der Waals surface area contributed by atoms with E-state index in [1.165, 1.54) is 12.3 Å². The van der Waals surface area contributed by atoms with Gasteiger partial charge in [-0.25, -0.2) is 14.6 Å². The number of urea groups is 1. The number of hydrogen-bond acceptors (Lipinski definition) is 6. The molecule has 0 aliphatic heterocycles. The van der Waals surface area contributed by atoms with Gasteiger partial charge in [0.05, 0.1) is 6.61 Å². The summed E-state index contributed by atoms with van der Waals surface area (Å²) in [6, 6.07) is 2.59. The average molecular weight is 335 g/mol. The molecule has 24 heavy (non-hydrogen) atoms. The van der Waals surface area contributed by atoms with Gasteiger partial charge >= 0.3 is 12.0 Å². The number of nitrogens with one attached hydrogen (secondary N) is 2. The monoisotopic (exact) mass is 335 g/mol. The summed E-state index contributed by atoms with van der Waals surface area (Å²) < 4.78 is 10.1. The molecule has 1 saturated carbocycles. The minimum Gasteiger partial charge on any atom is -0.477 e. The van der Waals surface area contributed by atoms with Gasteiger partial charge in [0, 0.05) is 12.2 Å². The highest BCUT2D eigenvalue weighted by Gasteiger charge is 2.20. The summed E-state index contributed by atoms with van der Waals surface area (Å²) in [5, 5.41) is 4.85. The Hall–Kier alpha value is -2.64.